The fourth-order valence-electron chi connectivity index (χ4n) is 4.51. The van der Waals surface area contributed by atoms with Gasteiger partial charge >= 0.3 is 0 Å². The van der Waals surface area contributed by atoms with Gasteiger partial charge in [-0.15, -0.1) is 22.7 Å². The Balaban J connectivity index is 1.25. The lowest BCUT2D eigenvalue weighted by atomic mass is 9.98. The molecule has 168 valence electrons. The van der Waals surface area contributed by atoms with Gasteiger partial charge in [0.2, 0.25) is 15.9 Å². The summed E-state index contributed by atoms with van der Waals surface area (Å²) in [6.45, 7) is 2.70. The molecule has 0 saturated carbocycles. The van der Waals surface area contributed by atoms with E-state index in [0.717, 1.165) is 13.0 Å². The lowest BCUT2D eigenvalue weighted by molar-refractivity contribution is -0.134. The molecule has 0 bridgehead atoms. The van der Waals surface area contributed by atoms with Crippen LogP contribution in [0.5, 0.6) is 0 Å². The molecule has 1 amide bonds. The van der Waals surface area contributed by atoms with Gasteiger partial charge in [0.1, 0.15) is 0 Å². The summed E-state index contributed by atoms with van der Waals surface area (Å²) in [4.78, 5) is 20.2. The molecule has 9 heteroatoms. The molecule has 2 aliphatic heterocycles. The number of piperazine rings is 1. The zero-order valence-electron chi connectivity index (χ0n) is 17.6. The van der Waals surface area contributed by atoms with Crippen molar-refractivity contribution in [3.05, 3.63) is 74.6 Å². The number of benzene rings is 1. The van der Waals surface area contributed by atoms with Gasteiger partial charge < -0.3 is 4.90 Å². The zero-order chi connectivity index (χ0) is 22.1. The van der Waals surface area contributed by atoms with Crippen LogP contribution in [0.15, 0.2) is 64.2 Å². The molecule has 1 saturated heterocycles. The molecule has 5 rings (SSSR count). The average Bonchev–Trinajstić information content (AvgIpc) is 3.52. The highest BCUT2D eigenvalue weighted by molar-refractivity contribution is 7.89. The van der Waals surface area contributed by atoms with Gasteiger partial charge in [-0.2, -0.15) is 4.31 Å². The van der Waals surface area contributed by atoms with Crippen LogP contribution in [-0.4, -0.2) is 67.7 Å². The van der Waals surface area contributed by atoms with E-state index in [1.165, 1.54) is 19.6 Å². The first-order valence-electron chi connectivity index (χ1n) is 10.7. The number of amides is 1. The molecule has 3 aromatic rings. The summed E-state index contributed by atoms with van der Waals surface area (Å²) in [5.74, 6) is 0.0713. The van der Waals surface area contributed by atoms with Crippen molar-refractivity contribution >= 4 is 38.6 Å². The Morgan fingerprint density at radius 2 is 1.69 bits per heavy atom. The minimum atomic E-state index is -3.52. The SMILES string of the molecule is O=C(CN1CCc2sccc2[C@@H]1c1cccs1)N1CCN(S(=O)(=O)c2ccccc2)CC1. The Hall–Kier alpha value is -2.04. The van der Waals surface area contributed by atoms with Crippen molar-refractivity contribution in [3.8, 4) is 0 Å². The van der Waals surface area contributed by atoms with Crippen molar-refractivity contribution in [2.24, 2.45) is 0 Å². The maximum Gasteiger partial charge on any atom is 0.243 e. The molecule has 32 heavy (non-hydrogen) atoms. The van der Waals surface area contributed by atoms with Crippen LogP contribution in [0.3, 0.4) is 0 Å². The van der Waals surface area contributed by atoms with E-state index < -0.39 is 10.0 Å². The van der Waals surface area contributed by atoms with Gasteiger partial charge in [-0.05, 0) is 47.0 Å². The summed E-state index contributed by atoms with van der Waals surface area (Å²) in [6, 6.07) is 15.0. The summed E-state index contributed by atoms with van der Waals surface area (Å²) < 4.78 is 27.2. The Morgan fingerprint density at radius 3 is 2.41 bits per heavy atom. The number of nitrogens with zero attached hydrogens (tertiary/aromatic N) is 3. The van der Waals surface area contributed by atoms with Crippen LogP contribution in [0.2, 0.25) is 0 Å². The molecule has 2 aromatic heterocycles. The lowest BCUT2D eigenvalue weighted by Crippen LogP contribution is -2.53. The van der Waals surface area contributed by atoms with Crippen LogP contribution in [0.4, 0.5) is 0 Å². The summed E-state index contributed by atoms with van der Waals surface area (Å²) >= 11 is 3.52. The van der Waals surface area contributed by atoms with Crippen molar-refractivity contribution in [2.45, 2.75) is 17.4 Å². The van der Waals surface area contributed by atoms with Gasteiger partial charge in [0.05, 0.1) is 17.5 Å². The predicted octanol–water partition coefficient (Wildman–Crippen LogP) is 3.29. The van der Waals surface area contributed by atoms with Crippen molar-refractivity contribution in [2.75, 3.05) is 39.3 Å². The van der Waals surface area contributed by atoms with Crippen LogP contribution in [0.1, 0.15) is 21.4 Å². The number of hydrogen-bond acceptors (Lipinski definition) is 6. The fraction of sp³-hybridized carbons (Fsp3) is 0.348. The Labute approximate surface area is 196 Å². The number of carbonyl (C=O) groups excluding carboxylic acids is 1. The van der Waals surface area contributed by atoms with E-state index in [-0.39, 0.29) is 11.9 Å². The first kappa shape index (κ1) is 21.8. The maximum absolute atomic E-state index is 13.2. The molecule has 0 radical (unpaired) electrons. The first-order valence-corrected chi connectivity index (χ1v) is 13.9. The van der Waals surface area contributed by atoms with Gasteiger partial charge in [-0.3, -0.25) is 9.69 Å². The van der Waals surface area contributed by atoms with Crippen molar-refractivity contribution in [3.63, 3.8) is 0 Å². The fourth-order valence-corrected chi connectivity index (χ4v) is 7.74. The predicted molar refractivity (Wildman–Crippen MR) is 128 cm³/mol. The number of sulfonamides is 1. The highest BCUT2D eigenvalue weighted by Gasteiger charge is 2.34. The molecule has 0 spiro atoms. The first-order chi connectivity index (χ1) is 15.5. The minimum Gasteiger partial charge on any atom is -0.339 e. The molecule has 1 fully saturated rings. The topological polar surface area (TPSA) is 60.9 Å². The second-order valence-corrected chi connectivity index (χ2v) is 12.0. The largest absolute Gasteiger partial charge is 0.339 e. The van der Waals surface area contributed by atoms with Gasteiger partial charge in [-0.25, -0.2) is 8.42 Å². The number of carbonyl (C=O) groups is 1. The van der Waals surface area contributed by atoms with E-state index in [1.807, 2.05) is 4.90 Å². The summed E-state index contributed by atoms with van der Waals surface area (Å²) in [5.41, 5.74) is 1.32. The van der Waals surface area contributed by atoms with Gasteiger partial charge in [0, 0.05) is 42.5 Å². The molecule has 1 atom stereocenters. The number of rotatable bonds is 5. The number of thiophene rings is 2. The van der Waals surface area contributed by atoms with Crippen LogP contribution in [-0.2, 0) is 21.2 Å². The monoisotopic (exact) mass is 487 g/mol. The second-order valence-electron chi connectivity index (χ2n) is 8.04. The van der Waals surface area contributed by atoms with Crippen LogP contribution >= 0.6 is 22.7 Å². The Bertz CT molecular complexity index is 1170. The third kappa shape index (κ3) is 4.15. The highest BCUT2D eigenvalue weighted by Crippen LogP contribution is 2.39. The normalized spacial score (nSPS) is 20.2. The molecule has 0 aliphatic carbocycles. The molecule has 0 N–H and O–H groups in total. The maximum atomic E-state index is 13.2. The standard InChI is InChI=1S/C23H25N3O3S3/c27-22(24-11-13-26(14-12-24)32(28,29)18-5-2-1-3-6-18)17-25-10-8-20-19(9-16-31-20)23(25)21-7-4-15-30-21/h1-7,9,15-16,23H,8,10-14,17H2/t23-/m1/s1. The third-order valence-corrected chi connectivity index (χ3v) is 10.0. The molecule has 2 aliphatic rings. The summed E-state index contributed by atoms with van der Waals surface area (Å²) in [7, 11) is -3.52. The van der Waals surface area contributed by atoms with Crippen LogP contribution in [0, 0.1) is 0 Å². The molecule has 4 heterocycles. The van der Waals surface area contributed by atoms with Crippen LogP contribution in [0.25, 0.3) is 0 Å². The molecule has 1 aromatic carbocycles. The van der Waals surface area contributed by atoms with Gasteiger partial charge in [-0.1, -0.05) is 24.3 Å². The summed E-state index contributed by atoms with van der Waals surface area (Å²) in [5, 5.41) is 4.23. The van der Waals surface area contributed by atoms with E-state index in [4.69, 9.17) is 0 Å². The Morgan fingerprint density at radius 1 is 0.906 bits per heavy atom. The minimum absolute atomic E-state index is 0.0713. The lowest BCUT2D eigenvalue weighted by Gasteiger charge is -2.38. The third-order valence-electron chi connectivity index (χ3n) is 6.19. The van der Waals surface area contributed by atoms with E-state index in [2.05, 4.69) is 33.9 Å². The molecular formula is C23H25N3O3S3. The van der Waals surface area contributed by atoms with Crippen molar-refractivity contribution in [1.82, 2.24) is 14.1 Å². The smallest absolute Gasteiger partial charge is 0.243 e. The molecule has 6 nitrogen and oxygen atoms in total. The quantitative estimate of drug-likeness (QED) is 0.554. The van der Waals surface area contributed by atoms with E-state index in [0.29, 0.717) is 37.6 Å². The van der Waals surface area contributed by atoms with Gasteiger partial charge in [0.15, 0.2) is 0 Å². The molecule has 0 unspecified atom stereocenters. The average molecular weight is 488 g/mol. The summed E-state index contributed by atoms with van der Waals surface area (Å²) in [6.07, 6.45) is 0.964. The van der Waals surface area contributed by atoms with Crippen molar-refractivity contribution < 1.29 is 13.2 Å². The van der Waals surface area contributed by atoms with E-state index >= 15 is 0 Å². The number of hydrogen-bond donors (Lipinski definition) is 0. The van der Waals surface area contributed by atoms with E-state index in [1.54, 1.807) is 53.0 Å². The second kappa shape index (κ2) is 9.07. The number of fused-ring (bicyclic) bond motifs is 1. The van der Waals surface area contributed by atoms with E-state index in [9.17, 15) is 13.2 Å². The van der Waals surface area contributed by atoms with Crippen molar-refractivity contribution in [1.29, 1.82) is 0 Å². The van der Waals surface area contributed by atoms with Crippen LogP contribution < -0.4 is 0 Å². The van der Waals surface area contributed by atoms with Gasteiger partial charge in [0.25, 0.3) is 0 Å². The molecular weight excluding hydrogens is 462 g/mol. The zero-order valence-corrected chi connectivity index (χ0v) is 20.0. The highest BCUT2D eigenvalue weighted by atomic mass is 32.2. The Kier molecular flexibility index (Phi) is 6.18.